The molecule has 0 aromatic rings. The van der Waals surface area contributed by atoms with Gasteiger partial charge in [0.2, 0.25) is 0 Å². The number of carboxylic acid groups (broad SMARTS) is 1. The highest BCUT2D eigenvalue weighted by molar-refractivity contribution is 5.83. The molecule has 7 nitrogen and oxygen atoms in total. The molecule has 3 N–H and O–H groups in total. The predicted molar refractivity (Wildman–Crippen MR) is 69.9 cm³/mol. The second kappa shape index (κ2) is 6.72. The van der Waals surface area contributed by atoms with Gasteiger partial charge in [-0.15, -0.1) is 0 Å². The number of amides is 2. The first-order valence-electron chi connectivity index (χ1n) is 6.45. The molecule has 1 saturated heterocycles. The predicted octanol–water partition coefficient (Wildman–Crippen LogP) is -0.444. The van der Waals surface area contributed by atoms with Crippen molar-refractivity contribution in [1.29, 1.82) is 0 Å². The van der Waals surface area contributed by atoms with E-state index in [0.717, 1.165) is 25.9 Å². The number of hydrogen-bond acceptors (Lipinski definition) is 4. The number of rotatable bonds is 4. The number of carbonyl (C=O) groups is 2. The Morgan fingerprint density at radius 2 is 2.11 bits per heavy atom. The van der Waals surface area contributed by atoms with E-state index in [1.807, 2.05) is 7.05 Å². The third-order valence-corrected chi connectivity index (χ3v) is 3.50. The average molecular weight is 273 g/mol. The fraction of sp³-hybridized carbons (Fsp3) is 0.833. The lowest BCUT2D eigenvalue weighted by Gasteiger charge is -2.36. The molecule has 0 bridgehead atoms. The summed E-state index contributed by atoms with van der Waals surface area (Å²) in [5.74, 6) is -1.24. The number of aliphatic hydroxyl groups excluding tert-OH is 1. The number of nitrogens with zero attached hydrogens (tertiary/aromatic N) is 2. The minimum absolute atomic E-state index is 0.0715. The zero-order valence-corrected chi connectivity index (χ0v) is 11.7. The maximum Gasteiger partial charge on any atom is 0.328 e. The van der Waals surface area contributed by atoms with Gasteiger partial charge in [-0.3, -0.25) is 0 Å². The summed E-state index contributed by atoms with van der Waals surface area (Å²) in [4.78, 5) is 26.6. The van der Waals surface area contributed by atoms with Gasteiger partial charge in [0.05, 0.1) is 6.10 Å². The quantitative estimate of drug-likeness (QED) is 0.645. The number of aliphatic hydroxyl groups is 1. The number of likely N-dealkylation sites (N-methyl/N-ethyl adjacent to an activating group) is 2. The highest BCUT2D eigenvalue weighted by Gasteiger charge is 2.29. The van der Waals surface area contributed by atoms with Crippen molar-refractivity contribution in [2.24, 2.45) is 0 Å². The van der Waals surface area contributed by atoms with Crippen LogP contribution in [0.15, 0.2) is 0 Å². The van der Waals surface area contributed by atoms with Gasteiger partial charge in [-0.05, 0) is 33.4 Å². The molecule has 3 atom stereocenters. The second-order valence-electron chi connectivity index (χ2n) is 5.18. The molecule has 2 amide bonds. The number of aliphatic carboxylic acids is 1. The molecule has 0 aliphatic carbocycles. The lowest BCUT2D eigenvalue weighted by Crippen LogP contribution is -2.55. The minimum Gasteiger partial charge on any atom is -0.480 e. The Kier molecular flexibility index (Phi) is 5.56. The van der Waals surface area contributed by atoms with Crippen LogP contribution in [0.5, 0.6) is 0 Å². The molecule has 1 rings (SSSR count). The van der Waals surface area contributed by atoms with E-state index in [1.54, 1.807) is 7.05 Å². The van der Waals surface area contributed by atoms with Crippen molar-refractivity contribution in [2.45, 2.75) is 38.0 Å². The van der Waals surface area contributed by atoms with Crippen molar-refractivity contribution in [3.63, 3.8) is 0 Å². The van der Waals surface area contributed by atoms with Crippen molar-refractivity contribution < 1.29 is 19.8 Å². The number of nitrogens with one attached hydrogen (secondary N) is 1. The van der Waals surface area contributed by atoms with Crippen LogP contribution in [0, 0.1) is 0 Å². The molecular formula is C12H23N3O4. The Balaban J connectivity index is 2.58. The molecular weight excluding hydrogens is 250 g/mol. The van der Waals surface area contributed by atoms with Crippen molar-refractivity contribution in [1.82, 2.24) is 15.1 Å². The monoisotopic (exact) mass is 273 g/mol. The van der Waals surface area contributed by atoms with E-state index in [0.29, 0.717) is 0 Å². The normalized spacial score (nSPS) is 23.5. The molecule has 19 heavy (non-hydrogen) atoms. The number of carboxylic acids is 1. The SMILES string of the molecule is C[C@@H](O)[C@H](NC(=O)N(C)C1CCCN(C)C1)C(=O)O. The lowest BCUT2D eigenvalue weighted by molar-refractivity contribution is -0.141. The van der Waals surface area contributed by atoms with Crippen LogP contribution in [0.4, 0.5) is 4.79 Å². The molecule has 1 aliphatic rings. The van der Waals surface area contributed by atoms with Crippen LogP contribution in [-0.4, -0.2) is 77.4 Å². The Morgan fingerprint density at radius 1 is 1.47 bits per heavy atom. The standard InChI is InChI=1S/C12H23N3O4/c1-8(16)10(11(17)18)13-12(19)15(3)9-5-4-6-14(2)7-9/h8-10,16H,4-7H2,1-3H3,(H,13,19)(H,17,18)/t8-,9?,10+/m1/s1. The zero-order chi connectivity index (χ0) is 14.6. The molecule has 7 heteroatoms. The van der Waals surface area contributed by atoms with Crippen LogP contribution in [-0.2, 0) is 4.79 Å². The number of urea groups is 1. The number of piperidine rings is 1. The zero-order valence-electron chi connectivity index (χ0n) is 11.7. The third kappa shape index (κ3) is 4.36. The van der Waals surface area contributed by atoms with E-state index in [-0.39, 0.29) is 6.04 Å². The summed E-state index contributed by atoms with van der Waals surface area (Å²) in [5.41, 5.74) is 0. The van der Waals surface area contributed by atoms with Crippen LogP contribution in [0.1, 0.15) is 19.8 Å². The van der Waals surface area contributed by atoms with E-state index in [4.69, 9.17) is 5.11 Å². The molecule has 1 heterocycles. The van der Waals surface area contributed by atoms with Crippen LogP contribution in [0.2, 0.25) is 0 Å². The Bertz CT molecular complexity index is 335. The second-order valence-corrected chi connectivity index (χ2v) is 5.18. The molecule has 0 aromatic carbocycles. The minimum atomic E-state index is -1.28. The summed E-state index contributed by atoms with van der Waals surface area (Å²) in [7, 11) is 3.65. The summed E-state index contributed by atoms with van der Waals surface area (Å²) in [6.07, 6.45) is 0.780. The highest BCUT2D eigenvalue weighted by Crippen LogP contribution is 2.13. The first kappa shape index (κ1) is 15.7. The lowest BCUT2D eigenvalue weighted by atomic mass is 10.1. The van der Waals surface area contributed by atoms with Gasteiger partial charge in [0.25, 0.3) is 0 Å². The molecule has 0 spiro atoms. The van der Waals surface area contributed by atoms with Crippen molar-refractivity contribution in [3.05, 3.63) is 0 Å². The van der Waals surface area contributed by atoms with Crippen LogP contribution < -0.4 is 5.32 Å². The van der Waals surface area contributed by atoms with E-state index in [1.165, 1.54) is 11.8 Å². The molecule has 110 valence electrons. The third-order valence-electron chi connectivity index (χ3n) is 3.50. The molecule has 1 aliphatic heterocycles. The van der Waals surface area contributed by atoms with Crippen molar-refractivity contribution in [3.8, 4) is 0 Å². The van der Waals surface area contributed by atoms with E-state index < -0.39 is 24.1 Å². The summed E-state index contributed by atoms with van der Waals surface area (Å²) >= 11 is 0. The summed E-state index contributed by atoms with van der Waals surface area (Å²) in [6.45, 7) is 3.13. The molecule has 1 unspecified atom stereocenters. The first-order valence-corrected chi connectivity index (χ1v) is 6.45. The Labute approximate surface area is 113 Å². The van der Waals surface area contributed by atoms with Crippen LogP contribution >= 0.6 is 0 Å². The largest absolute Gasteiger partial charge is 0.480 e. The summed E-state index contributed by atoms with van der Waals surface area (Å²) < 4.78 is 0. The van der Waals surface area contributed by atoms with Crippen molar-refractivity contribution in [2.75, 3.05) is 27.2 Å². The van der Waals surface area contributed by atoms with Crippen molar-refractivity contribution >= 4 is 12.0 Å². The van der Waals surface area contributed by atoms with E-state index >= 15 is 0 Å². The average Bonchev–Trinajstić information content (AvgIpc) is 2.33. The van der Waals surface area contributed by atoms with Gasteiger partial charge in [-0.1, -0.05) is 0 Å². The fourth-order valence-electron chi connectivity index (χ4n) is 2.24. The van der Waals surface area contributed by atoms with Crippen LogP contribution in [0.25, 0.3) is 0 Å². The number of carbonyl (C=O) groups excluding carboxylic acids is 1. The molecule has 1 fully saturated rings. The summed E-state index contributed by atoms with van der Waals surface area (Å²) in [6, 6.07) is -1.67. The highest BCUT2D eigenvalue weighted by atomic mass is 16.4. The summed E-state index contributed by atoms with van der Waals surface area (Å²) in [5, 5.41) is 20.6. The molecule has 0 aromatic heterocycles. The van der Waals surface area contributed by atoms with Gasteiger partial charge >= 0.3 is 12.0 Å². The first-order chi connectivity index (χ1) is 8.82. The smallest absolute Gasteiger partial charge is 0.328 e. The van der Waals surface area contributed by atoms with E-state index in [9.17, 15) is 14.7 Å². The van der Waals surface area contributed by atoms with Gasteiger partial charge in [0, 0.05) is 19.6 Å². The molecule has 0 radical (unpaired) electrons. The van der Waals surface area contributed by atoms with Gasteiger partial charge in [-0.25, -0.2) is 9.59 Å². The maximum atomic E-state index is 12.0. The number of hydrogen-bond donors (Lipinski definition) is 3. The van der Waals surface area contributed by atoms with E-state index in [2.05, 4.69) is 10.2 Å². The fourth-order valence-corrected chi connectivity index (χ4v) is 2.24. The molecule has 0 saturated carbocycles. The Morgan fingerprint density at radius 3 is 2.58 bits per heavy atom. The van der Waals surface area contributed by atoms with Gasteiger partial charge < -0.3 is 25.3 Å². The van der Waals surface area contributed by atoms with Gasteiger partial charge in [0.15, 0.2) is 6.04 Å². The Hall–Kier alpha value is -1.34. The van der Waals surface area contributed by atoms with Crippen LogP contribution in [0.3, 0.4) is 0 Å². The van der Waals surface area contributed by atoms with Gasteiger partial charge in [-0.2, -0.15) is 0 Å². The maximum absolute atomic E-state index is 12.0. The number of likely N-dealkylation sites (tertiary alicyclic amines) is 1. The van der Waals surface area contributed by atoms with Gasteiger partial charge in [0.1, 0.15) is 0 Å². The topological polar surface area (TPSA) is 93.1 Å².